The second-order valence-electron chi connectivity index (χ2n) is 6.11. The maximum absolute atomic E-state index is 13.0. The van der Waals surface area contributed by atoms with Gasteiger partial charge in [-0.2, -0.15) is 15.1 Å². The lowest BCUT2D eigenvalue weighted by Crippen LogP contribution is -2.52. The smallest absolute Gasteiger partial charge is 0.250 e. The Balaban J connectivity index is 2.00. The van der Waals surface area contributed by atoms with Gasteiger partial charge in [0.1, 0.15) is 17.2 Å². The van der Waals surface area contributed by atoms with Crippen LogP contribution in [0.3, 0.4) is 0 Å². The number of nitrogens with one attached hydrogen (secondary N) is 1. The molecular formula is C14H19N7O. The molecule has 8 heteroatoms. The Hall–Kier alpha value is -2.38. The first-order valence-corrected chi connectivity index (χ1v) is 7.69. The van der Waals surface area contributed by atoms with E-state index in [2.05, 4.69) is 32.0 Å². The number of piperidine rings is 1. The van der Waals surface area contributed by atoms with Crippen LogP contribution >= 0.6 is 0 Å². The fraction of sp³-hybridized carbons (Fsp3) is 0.571. The Morgan fingerprint density at radius 2 is 2.14 bits per heavy atom. The maximum Gasteiger partial charge on any atom is 0.250 e. The van der Waals surface area contributed by atoms with E-state index in [1.807, 2.05) is 6.92 Å². The number of amides is 1. The average molecular weight is 301 g/mol. The molecule has 2 atom stereocenters. The van der Waals surface area contributed by atoms with Crippen molar-refractivity contribution in [2.75, 3.05) is 28.6 Å². The van der Waals surface area contributed by atoms with Gasteiger partial charge < -0.3 is 10.6 Å². The Morgan fingerprint density at radius 1 is 1.32 bits per heavy atom. The third kappa shape index (κ3) is 1.69. The van der Waals surface area contributed by atoms with Crippen molar-refractivity contribution in [1.82, 2.24) is 20.2 Å². The van der Waals surface area contributed by atoms with E-state index in [0.717, 1.165) is 30.6 Å². The SMILES string of the molecule is CCN1C(=O)C2CCC(C)CN2c2nc(N)nc3[nH]nc1c23. The van der Waals surface area contributed by atoms with E-state index in [4.69, 9.17) is 5.73 Å². The standard InChI is InChI=1S/C14H19N7O/c1-3-20-12-9-10(18-19-12)16-14(15)17-11(9)21-6-7(2)4-5-8(21)13(20)22/h7-8H,3-6H2,1-2H3,(H3,15,16,17,18,19). The number of hydrogen-bond donors (Lipinski definition) is 2. The van der Waals surface area contributed by atoms with Crippen LogP contribution in [0.25, 0.3) is 11.0 Å². The van der Waals surface area contributed by atoms with E-state index in [1.54, 1.807) is 4.90 Å². The molecule has 8 nitrogen and oxygen atoms in total. The van der Waals surface area contributed by atoms with Gasteiger partial charge in [0.15, 0.2) is 11.5 Å². The van der Waals surface area contributed by atoms with Crippen molar-refractivity contribution in [1.29, 1.82) is 0 Å². The molecule has 2 aliphatic rings. The van der Waals surface area contributed by atoms with Gasteiger partial charge in [-0.15, -0.1) is 0 Å². The van der Waals surface area contributed by atoms with Gasteiger partial charge >= 0.3 is 0 Å². The molecule has 1 amide bonds. The normalized spacial score (nSPS) is 24.5. The molecule has 0 bridgehead atoms. The number of aromatic nitrogens is 4. The molecular weight excluding hydrogens is 282 g/mol. The highest BCUT2D eigenvalue weighted by atomic mass is 16.2. The molecule has 22 heavy (non-hydrogen) atoms. The van der Waals surface area contributed by atoms with Crippen LogP contribution in [0.2, 0.25) is 0 Å². The summed E-state index contributed by atoms with van der Waals surface area (Å²) in [5.41, 5.74) is 6.43. The van der Waals surface area contributed by atoms with E-state index in [1.165, 1.54) is 0 Å². The van der Waals surface area contributed by atoms with Crippen molar-refractivity contribution < 1.29 is 4.79 Å². The zero-order chi connectivity index (χ0) is 15.4. The minimum Gasteiger partial charge on any atom is -0.368 e. The molecule has 2 aromatic heterocycles. The van der Waals surface area contributed by atoms with Gasteiger partial charge in [-0.1, -0.05) is 6.92 Å². The van der Waals surface area contributed by atoms with Crippen molar-refractivity contribution >= 4 is 34.5 Å². The first kappa shape index (κ1) is 13.3. The molecule has 116 valence electrons. The molecule has 0 spiro atoms. The van der Waals surface area contributed by atoms with Crippen LogP contribution in [-0.4, -0.2) is 45.2 Å². The second kappa shape index (κ2) is 4.56. The van der Waals surface area contributed by atoms with Crippen molar-refractivity contribution in [2.24, 2.45) is 5.92 Å². The van der Waals surface area contributed by atoms with Gasteiger partial charge in [-0.25, -0.2) is 0 Å². The lowest BCUT2D eigenvalue weighted by atomic mass is 9.93. The van der Waals surface area contributed by atoms with E-state index in [0.29, 0.717) is 23.9 Å². The number of likely N-dealkylation sites (N-methyl/N-ethyl adjacent to an activating group) is 1. The van der Waals surface area contributed by atoms with Gasteiger partial charge in [0, 0.05) is 13.1 Å². The predicted octanol–water partition coefficient (Wildman–Crippen LogP) is 0.907. The second-order valence-corrected chi connectivity index (χ2v) is 6.11. The predicted molar refractivity (Wildman–Crippen MR) is 83.7 cm³/mol. The van der Waals surface area contributed by atoms with Gasteiger partial charge in [-0.05, 0) is 25.7 Å². The summed E-state index contributed by atoms with van der Waals surface area (Å²) in [5, 5.41) is 7.97. The quantitative estimate of drug-likeness (QED) is 0.811. The summed E-state index contributed by atoms with van der Waals surface area (Å²) >= 11 is 0. The van der Waals surface area contributed by atoms with Crippen molar-refractivity contribution in [3.8, 4) is 0 Å². The molecule has 1 fully saturated rings. The number of carbonyl (C=O) groups excluding carboxylic acids is 1. The first-order valence-electron chi connectivity index (χ1n) is 7.69. The monoisotopic (exact) mass is 301 g/mol. The van der Waals surface area contributed by atoms with E-state index >= 15 is 0 Å². The summed E-state index contributed by atoms with van der Waals surface area (Å²) in [7, 11) is 0. The third-order valence-electron chi connectivity index (χ3n) is 4.61. The van der Waals surface area contributed by atoms with E-state index < -0.39 is 0 Å². The number of nitrogen functional groups attached to an aromatic ring is 1. The molecule has 4 heterocycles. The Bertz CT molecular complexity index is 755. The topological polar surface area (TPSA) is 104 Å². The number of nitrogens with zero attached hydrogens (tertiary/aromatic N) is 5. The van der Waals surface area contributed by atoms with E-state index in [-0.39, 0.29) is 17.9 Å². The number of rotatable bonds is 1. The fourth-order valence-corrected chi connectivity index (χ4v) is 3.55. The van der Waals surface area contributed by atoms with E-state index in [9.17, 15) is 4.79 Å². The number of nitrogens with two attached hydrogens (primary N) is 1. The Labute approximate surface area is 127 Å². The molecule has 0 aliphatic carbocycles. The molecule has 0 aromatic carbocycles. The maximum atomic E-state index is 13.0. The summed E-state index contributed by atoms with van der Waals surface area (Å²) in [6, 6.07) is -0.192. The Morgan fingerprint density at radius 3 is 2.91 bits per heavy atom. The average Bonchev–Trinajstić information content (AvgIpc) is 2.86. The number of anilines is 3. The molecule has 3 N–H and O–H groups in total. The summed E-state index contributed by atoms with van der Waals surface area (Å²) in [4.78, 5) is 25.4. The molecule has 0 saturated carbocycles. The summed E-state index contributed by atoms with van der Waals surface area (Å²) in [5.74, 6) is 2.14. The van der Waals surface area contributed by atoms with Crippen LogP contribution in [0.5, 0.6) is 0 Å². The van der Waals surface area contributed by atoms with Crippen LogP contribution < -0.4 is 15.5 Å². The number of fused-ring (bicyclic) bond motifs is 2. The highest BCUT2D eigenvalue weighted by Gasteiger charge is 2.40. The van der Waals surface area contributed by atoms with Crippen LogP contribution in [-0.2, 0) is 4.79 Å². The summed E-state index contributed by atoms with van der Waals surface area (Å²) < 4.78 is 0. The number of hydrogen-bond acceptors (Lipinski definition) is 6. The summed E-state index contributed by atoms with van der Waals surface area (Å²) in [6.45, 7) is 5.52. The molecule has 2 unspecified atom stereocenters. The van der Waals surface area contributed by atoms with Gasteiger partial charge in [-0.3, -0.25) is 14.8 Å². The molecule has 2 aromatic rings. The molecule has 1 saturated heterocycles. The first-order chi connectivity index (χ1) is 10.6. The lowest BCUT2D eigenvalue weighted by Gasteiger charge is -2.38. The van der Waals surface area contributed by atoms with Gasteiger partial charge in [0.05, 0.1) is 0 Å². The van der Waals surface area contributed by atoms with Crippen LogP contribution in [0.4, 0.5) is 17.6 Å². The Kier molecular flexibility index (Phi) is 2.75. The largest absolute Gasteiger partial charge is 0.368 e. The lowest BCUT2D eigenvalue weighted by molar-refractivity contribution is -0.120. The van der Waals surface area contributed by atoms with Crippen molar-refractivity contribution in [2.45, 2.75) is 32.7 Å². The fourth-order valence-electron chi connectivity index (χ4n) is 3.55. The zero-order valence-electron chi connectivity index (χ0n) is 12.7. The van der Waals surface area contributed by atoms with Crippen molar-refractivity contribution in [3.05, 3.63) is 0 Å². The minimum absolute atomic E-state index is 0.0828. The highest BCUT2D eigenvalue weighted by Crippen LogP contribution is 2.39. The van der Waals surface area contributed by atoms with Gasteiger partial charge in [0.25, 0.3) is 5.91 Å². The minimum atomic E-state index is -0.192. The van der Waals surface area contributed by atoms with Crippen molar-refractivity contribution in [3.63, 3.8) is 0 Å². The zero-order valence-corrected chi connectivity index (χ0v) is 12.7. The van der Waals surface area contributed by atoms with Crippen LogP contribution in [0.15, 0.2) is 0 Å². The molecule has 4 rings (SSSR count). The molecule has 0 radical (unpaired) electrons. The highest BCUT2D eigenvalue weighted by molar-refractivity contribution is 6.10. The number of aromatic amines is 1. The third-order valence-corrected chi connectivity index (χ3v) is 4.61. The van der Waals surface area contributed by atoms with Gasteiger partial charge in [0.2, 0.25) is 5.95 Å². The summed E-state index contributed by atoms with van der Waals surface area (Å²) in [6.07, 6.45) is 1.87. The molecule has 2 aliphatic heterocycles. The number of carbonyl (C=O) groups is 1. The number of H-pyrrole nitrogens is 1. The van der Waals surface area contributed by atoms with Crippen LogP contribution in [0.1, 0.15) is 26.7 Å². The van der Waals surface area contributed by atoms with Crippen LogP contribution in [0, 0.1) is 5.92 Å².